The average Bonchev–Trinajstić information content (AvgIpc) is 2.42. The Morgan fingerprint density at radius 3 is 2.80 bits per heavy atom. The first-order valence-electron chi connectivity index (χ1n) is 6.35. The Labute approximate surface area is 116 Å². The highest BCUT2D eigenvalue weighted by Gasteiger charge is 2.10. The van der Waals surface area contributed by atoms with Crippen molar-refractivity contribution in [2.75, 3.05) is 0 Å². The second-order valence-electron chi connectivity index (χ2n) is 4.72. The Kier molecular flexibility index (Phi) is 4.63. The van der Waals surface area contributed by atoms with Crippen molar-refractivity contribution >= 4 is 0 Å². The summed E-state index contributed by atoms with van der Waals surface area (Å²) in [5, 5.41) is 3.24. The molecule has 0 radical (unpaired) electrons. The van der Waals surface area contributed by atoms with Crippen molar-refractivity contribution < 1.29 is 13.5 Å². The smallest absolute Gasteiger partial charge is 0.201 e. The Morgan fingerprint density at radius 1 is 1.25 bits per heavy atom. The number of ether oxygens (including phenoxy) is 1. The van der Waals surface area contributed by atoms with Gasteiger partial charge in [-0.2, -0.15) is 4.39 Å². The standard InChI is InChI=1S/C15H16F2N2O/c1-10(2)19-8-11-6-12(9-18-7-11)20-14-5-3-4-13(16)15(14)17/h3-7,9-10,19H,8H2,1-2H3. The van der Waals surface area contributed by atoms with Gasteiger partial charge in [-0.15, -0.1) is 0 Å². The molecule has 0 aliphatic heterocycles. The third-order valence-corrected chi connectivity index (χ3v) is 2.63. The largest absolute Gasteiger partial charge is 0.453 e. The molecule has 106 valence electrons. The molecule has 0 saturated heterocycles. The third-order valence-electron chi connectivity index (χ3n) is 2.63. The summed E-state index contributed by atoms with van der Waals surface area (Å²) >= 11 is 0. The summed E-state index contributed by atoms with van der Waals surface area (Å²) in [7, 11) is 0. The van der Waals surface area contributed by atoms with Crippen molar-refractivity contribution in [2.45, 2.75) is 26.4 Å². The minimum Gasteiger partial charge on any atom is -0.453 e. The summed E-state index contributed by atoms with van der Waals surface area (Å²) in [6.07, 6.45) is 3.16. The van der Waals surface area contributed by atoms with Crippen LogP contribution in [0.15, 0.2) is 36.7 Å². The zero-order chi connectivity index (χ0) is 14.5. The van der Waals surface area contributed by atoms with Crippen LogP contribution in [0.1, 0.15) is 19.4 Å². The van der Waals surface area contributed by atoms with E-state index in [0.717, 1.165) is 11.6 Å². The van der Waals surface area contributed by atoms with Crippen LogP contribution in [0.4, 0.5) is 8.78 Å². The summed E-state index contributed by atoms with van der Waals surface area (Å²) in [6, 6.07) is 5.90. The van der Waals surface area contributed by atoms with Crippen molar-refractivity contribution in [2.24, 2.45) is 0 Å². The SMILES string of the molecule is CC(C)NCc1cncc(Oc2cccc(F)c2F)c1. The van der Waals surface area contributed by atoms with Gasteiger partial charge >= 0.3 is 0 Å². The molecule has 1 aromatic carbocycles. The zero-order valence-corrected chi connectivity index (χ0v) is 11.4. The van der Waals surface area contributed by atoms with E-state index in [1.165, 1.54) is 18.3 Å². The lowest BCUT2D eigenvalue weighted by Crippen LogP contribution is -2.21. The minimum absolute atomic E-state index is 0.152. The molecule has 0 unspecified atom stereocenters. The second kappa shape index (κ2) is 6.43. The molecule has 1 aromatic heterocycles. The number of rotatable bonds is 5. The van der Waals surface area contributed by atoms with Crippen molar-refractivity contribution in [3.63, 3.8) is 0 Å². The van der Waals surface area contributed by atoms with E-state index < -0.39 is 11.6 Å². The van der Waals surface area contributed by atoms with Crippen molar-refractivity contribution in [1.82, 2.24) is 10.3 Å². The lowest BCUT2D eigenvalue weighted by atomic mass is 10.2. The number of nitrogens with one attached hydrogen (secondary N) is 1. The predicted molar refractivity (Wildman–Crippen MR) is 72.6 cm³/mol. The van der Waals surface area contributed by atoms with Crippen LogP contribution in [-0.2, 0) is 6.54 Å². The highest BCUT2D eigenvalue weighted by atomic mass is 19.2. The van der Waals surface area contributed by atoms with Gasteiger partial charge in [0.2, 0.25) is 5.82 Å². The Hall–Kier alpha value is -2.01. The highest BCUT2D eigenvalue weighted by Crippen LogP contribution is 2.25. The van der Waals surface area contributed by atoms with Gasteiger partial charge in [-0.1, -0.05) is 19.9 Å². The van der Waals surface area contributed by atoms with Gasteiger partial charge in [0.05, 0.1) is 6.20 Å². The van der Waals surface area contributed by atoms with Crippen molar-refractivity contribution in [3.8, 4) is 11.5 Å². The van der Waals surface area contributed by atoms with E-state index in [9.17, 15) is 8.78 Å². The van der Waals surface area contributed by atoms with Gasteiger partial charge in [0.1, 0.15) is 5.75 Å². The van der Waals surface area contributed by atoms with E-state index in [1.807, 2.05) is 13.8 Å². The van der Waals surface area contributed by atoms with Gasteiger partial charge in [-0.25, -0.2) is 4.39 Å². The van der Waals surface area contributed by atoms with Crippen LogP contribution in [0.25, 0.3) is 0 Å². The van der Waals surface area contributed by atoms with E-state index in [-0.39, 0.29) is 5.75 Å². The summed E-state index contributed by atoms with van der Waals surface area (Å²) in [5.74, 6) is -1.72. The number of halogens is 2. The molecule has 0 saturated carbocycles. The number of benzene rings is 1. The summed E-state index contributed by atoms with van der Waals surface area (Å²) < 4.78 is 31.9. The molecule has 2 aromatic rings. The Morgan fingerprint density at radius 2 is 2.05 bits per heavy atom. The molecular formula is C15H16F2N2O. The topological polar surface area (TPSA) is 34.2 Å². The van der Waals surface area contributed by atoms with E-state index in [2.05, 4.69) is 10.3 Å². The predicted octanol–water partition coefficient (Wildman–Crippen LogP) is 3.65. The normalized spacial score (nSPS) is 10.8. The molecule has 0 aliphatic rings. The molecule has 0 aliphatic carbocycles. The van der Waals surface area contributed by atoms with Gasteiger partial charge in [0.15, 0.2) is 11.6 Å². The first-order chi connectivity index (χ1) is 9.56. The monoisotopic (exact) mass is 278 g/mol. The molecule has 0 atom stereocenters. The maximum atomic E-state index is 13.5. The molecule has 0 fully saturated rings. The number of hydrogen-bond donors (Lipinski definition) is 1. The first-order valence-corrected chi connectivity index (χ1v) is 6.35. The van der Waals surface area contributed by atoms with Crippen LogP contribution >= 0.6 is 0 Å². The third kappa shape index (κ3) is 3.74. The fourth-order valence-corrected chi connectivity index (χ4v) is 1.63. The Balaban J connectivity index is 2.13. The van der Waals surface area contributed by atoms with Crippen LogP contribution in [0.3, 0.4) is 0 Å². The minimum atomic E-state index is -1.00. The molecule has 2 rings (SSSR count). The maximum absolute atomic E-state index is 13.5. The quantitative estimate of drug-likeness (QED) is 0.906. The van der Waals surface area contributed by atoms with Crippen molar-refractivity contribution in [3.05, 3.63) is 53.9 Å². The number of aromatic nitrogens is 1. The van der Waals surface area contributed by atoms with Crippen LogP contribution in [0.2, 0.25) is 0 Å². The fraction of sp³-hybridized carbons (Fsp3) is 0.267. The second-order valence-corrected chi connectivity index (χ2v) is 4.72. The number of hydrogen-bond acceptors (Lipinski definition) is 3. The lowest BCUT2D eigenvalue weighted by molar-refractivity contribution is 0.414. The fourth-order valence-electron chi connectivity index (χ4n) is 1.63. The van der Waals surface area contributed by atoms with Crippen LogP contribution in [-0.4, -0.2) is 11.0 Å². The molecule has 0 bridgehead atoms. The Bertz CT molecular complexity index is 588. The summed E-state index contributed by atoms with van der Waals surface area (Å²) in [5.41, 5.74) is 0.910. The van der Waals surface area contributed by atoms with Gasteiger partial charge in [-0.3, -0.25) is 4.98 Å². The van der Waals surface area contributed by atoms with E-state index >= 15 is 0 Å². The number of nitrogens with zero attached hydrogens (tertiary/aromatic N) is 1. The molecule has 0 spiro atoms. The van der Waals surface area contributed by atoms with Crippen molar-refractivity contribution in [1.29, 1.82) is 0 Å². The van der Waals surface area contributed by atoms with Crippen LogP contribution in [0.5, 0.6) is 11.5 Å². The first kappa shape index (κ1) is 14.4. The van der Waals surface area contributed by atoms with Crippen LogP contribution < -0.4 is 10.1 Å². The number of pyridine rings is 1. The molecule has 1 heterocycles. The molecule has 0 amide bonds. The maximum Gasteiger partial charge on any atom is 0.201 e. The van der Waals surface area contributed by atoms with Gasteiger partial charge in [0.25, 0.3) is 0 Å². The lowest BCUT2D eigenvalue weighted by Gasteiger charge is -2.10. The molecule has 3 nitrogen and oxygen atoms in total. The zero-order valence-electron chi connectivity index (χ0n) is 11.4. The van der Waals surface area contributed by atoms with E-state index in [0.29, 0.717) is 18.3 Å². The van der Waals surface area contributed by atoms with E-state index in [1.54, 1.807) is 12.3 Å². The average molecular weight is 278 g/mol. The summed E-state index contributed by atoms with van der Waals surface area (Å²) in [4.78, 5) is 4.03. The van der Waals surface area contributed by atoms with Gasteiger partial charge in [0, 0.05) is 18.8 Å². The summed E-state index contributed by atoms with van der Waals surface area (Å²) in [6.45, 7) is 4.71. The highest BCUT2D eigenvalue weighted by molar-refractivity contribution is 5.32. The molecule has 1 N–H and O–H groups in total. The van der Waals surface area contributed by atoms with Gasteiger partial charge < -0.3 is 10.1 Å². The molecule has 20 heavy (non-hydrogen) atoms. The van der Waals surface area contributed by atoms with Crippen LogP contribution in [0, 0.1) is 11.6 Å². The van der Waals surface area contributed by atoms with Gasteiger partial charge in [-0.05, 0) is 23.8 Å². The molecule has 5 heteroatoms. The van der Waals surface area contributed by atoms with E-state index in [4.69, 9.17) is 4.74 Å². The molecular weight excluding hydrogens is 262 g/mol.